The highest BCUT2D eigenvalue weighted by atomic mass is 32.1. The van der Waals surface area contributed by atoms with Gasteiger partial charge in [-0.25, -0.2) is 0 Å². The SMILES string of the molecule is O=C(O)CCn1ccsc1=S. The van der Waals surface area contributed by atoms with E-state index in [1.165, 1.54) is 11.3 Å². The van der Waals surface area contributed by atoms with Crippen LogP contribution in [-0.2, 0) is 11.3 Å². The number of aromatic nitrogens is 1. The number of hydrogen-bond donors (Lipinski definition) is 1. The molecule has 60 valence electrons. The molecule has 0 aliphatic rings. The van der Waals surface area contributed by atoms with E-state index in [9.17, 15) is 4.79 Å². The molecule has 0 radical (unpaired) electrons. The summed E-state index contributed by atoms with van der Waals surface area (Å²) in [4.78, 5) is 10.2. The van der Waals surface area contributed by atoms with Crippen LogP contribution in [-0.4, -0.2) is 15.6 Å². The molecule has 0 bridgehead atoms. The summed E-state index contributed by atoms with van der Waals surface area (Å²) in [6, 6.07) is 0. The summed E-state index contributed by atoms with van der Waals surface area (Å²) in [5.41, 5.74) is 0. The van der Waals surface area contributed by atoms with Crippen LogP contribution in [0.25, 0.3) is 0 Å². The zero-order chi connectivity index (χ0) is 8.27. The first-order valence-corrected chi connectivity index (χ1v) is 4.34. The fourth-order valence-corrected chi connectivity index (χ4v) is 1.60. The Bertz CT molecular complexity index is 302. The van der Waals surface area contributed by atoms with Crippen molar-refractivity contribution in [2.24, 2.45) is 0 Å². The zero-order valence-corrected chi connectivity index (χ0v) is 7.32. The Balaban J connectivity index is 2.58. The smallest absolute Gasteiger partial charge is 0.305 e. The average Bonchev–Trinajstić information content (AvgIpc) is 2.31. The molecule has 0 aliphatic carbocycles. The Hall–Kier alpha value is -0.680. The van der Waals surface area contributed by atoms with Crippen molar-refractivity contribution in [2.45, 2.75) is 13.0 Å². The molecular weight excluding hydrogens is 182 g/mol. The molecule has 1 aromatic heterocycles. The molecule has 0 atom stereocenters. The third kappa shape index (κ3) is 2.44. The Morgan fingerprint density at radius 1 is 1.82 bits per heavy atom. The molecule has 1 N–H and O–H groups in total. The number of thiazole rings is 1. The summed E-state index contributed by atoms with van der Waals surface area (Å²) in [7, 11) is 0. The predicted molar refractivity (Wildman–Crippen MR) is 45.4 cm³/mol. The number of hydrogen-bond acceptors (Lipinski definition) is 3. The van der Waals surface area contributed by atoms with Gasteiger partial charge in [0.05, 0.1) is 6.42 Å². The number of aryl methyl sites for hydroxylation is 1. The third-order valence-electron chi connectivity index (χ3n) is 1.21. The maximum absolute atomic E-state index is 10.2. The van der Waals surface area contributed by atoms with Gasteiger partial charge in [0.25, 0.3) is 0 Å². The number of carboxylic acid groups (broad SMARTS) is 1. The van der Waals surface area contributed by atoms with Crippen molar-refractivity contribution in [3.63, 3.8) is 0 Å². The number of rotatable bonds is 3. The lowest BCUT2D eigenvalue weighted by atomic mass is 10.4. The van der Waals surface area contributed by atoms with Crippen LogP contribution in [0.4, 0.5) is 0 Å². The van der Waals surface area contributed by atoms with Crippen LogP contribution in [0.1, 0.15) is 6.42 Å². The molecule has 0 fully saturated rings. The van der Waals surface area contributed by atoms with E-state index in [1.54, 1.807) is 10.8 Å². The molecule has 0 amide bonds. The topological polar surface area (TPSA) is 42.2 Å². The first-order chi connectivity index (χ1) is 5.20. The molecule has 0 unspecified atom stereocenters. The highest BCUT2D eigenvalue weighted by Gasteiger charge is 1.97. The lowest BCUT2D eigenvalue weighted by molar-refractivity contribution is -0.137. The molecule has 1 heterocycles. The quantitative estimate of drug-likeness (QED) is 0.737. The summed E-state index contributed by atoms with van der Waals surface area (Å²) in [6.45, 7) is 0.470. The summed E-state index contributed by atoms with van der Waals surface area (Å²) >= 11 is 6.37. The first kappa shape index (κ1) is 8.42. The van der Waals surface area contributed by atoms with Crippen LogP contribution in [0.15, 0.2) is 11.6 Å². The molecule has 11 heavy (non-hydrogen) atoms. The van der Waals surface area contributed by atoms with E-state index >= 15 is 0 Å². The van der Waals surface area contributed by atoms with Crippen LogP contribution >= 0.6 is 23.6 Å². The molecule has 0 aliphatic heterocycles. The molecule has 0 aromatic carbocycles. The maximum atomic E-state index is 10.2. The van der Waals surface area contributed by atoms with Crippen molar-refractivity contribution in [1.82, 2.24) is 4.57 Å². The molecule has 5 heteroatoms. The molecule has 1 aromatic rings. The maximum Gasteiger partial charge on any atom is 0.305 e. The fourth-order valence-electron chi connectivity index (χ4n) is 0.673. The van der Waals surface area contributed by atoms with Gasteiger partial charge in [-0.1, -0.05) is 0 Å². The van der Waals surface area contributed by atoms with Gasteiger partial charge in [-0.2, -0.15) is 0 Å². The molecule has 0 spiro atoms. The summed E-state index contributed by atoms with van der Waals surface area (Å²) in [5, 5.41) is 10.2. The number of carboxylic acids is 1. The second-order valence-corrected chi connectivity index (χ2v) is 3.55. The van der Waals surface area contributed by atoms with Crippen molar-refractivity contribution < 1.29 is 9.90 Å². The van der Waals surface area contributed by atoms with Crippen LogP contribution in [0.3, 0.4) is 0 Å². The molecular formula is C6H7NO2S2. The van der Waals surface area contributed by atoms with E-state index in [1.807, 2.05) is 5.38 Å². The fraction of sp³-hybridized carbons (Fsp3) is 0.333. The predicted octanol–water partition coefficient (Wildman–Crippen LogP) is 1.75. The van der Waals surface area contributed by atoms with Crippen molar-refractivity contribution >= 4 is 29.5 Å². The molecule has 0 saturated carbocycles. The number of carbonyl (C=O) groups is 1. The van der Waals surface area contributed by atoms with Gasteiger partial charge in [0, 0.05) is 18.1 Å². The van der Waals surface area contributed by atoms with E-state index in [4.69, 9.17) is 17.3 Å². The molecule has 0 saturated heterocycles. The lowest BCUT2D eigenvalue weighted by Gasteiger charge is -1.96. The van der Waals surface area contributed by atoms with Crippen molar-refractivity contribution in [3.05, 3.63) is 15.5 Å². The van der Waals surface area contributed by atoms with E-state index in [-0.39, 0.29) is 6.42 Å². The summed E-state index contributed by atoms with van der Waals surface area (Å²) in [5.74, 6) is -0.793. The van der Waals surface area contributed by atoms with Crippen molar-refractivity contribution in [3.8, 4) is 0 Å². The van der Waals surface area contributed by atoms with Gasteiger partial charge in [0.15, 0.2) is 3.95 Å². The Morgan fingerprint density at radius 2 is 2.55 bits per heavy atom. The Labute approximate surface area is 72.9 Å². The van der Waals surface area contributed by atoms with Crippen LogP contribution < -0.4 is 0 Å². The Kier molecular flexibility index (Phi) is 2.78. The largest absolute Gasteiger partial charge is 0.481 e. The summed E-state index contributed by atoms with van der Waals surface area (Å²) in [6.07, 6.45) is 1.93. The highest BCUT2D eigenvalue weighted by Crippen LogP contribution is 2.03. The van der Waals surface area contributed by atoms with Crippen LogP contribution in [0, 0.1) is 3.95 Å². The minimum Gasteiger partial charge on any atom is -0.481 e. The normalized spacial score (nSPS) is 9.82. The first-order valence-electron chi connectivity index (χ1n) is 3.06. The number of nitrogens with zero attached hydrogens (tertiary/aromatic N) is 1. The van der Waals surface area contributed by atoms with E-state index in [0.29, 0.717) is 6.54 Å². The minimum atomic E-state index is -0.793. The van der Waals surface area contributed by atoms with Gasteiger partial charge in [-0.15, -0.1) is 11.3 Å². The van der Waals surface area contributed by atoms with E-state index < -0.39 is 5.97 Å². The van der Waals surface area contributed by atoms with Gasteiger partial charge in [-0.05, 0) is 12.2 Å². The molecule has 1 rings (SSSR count). The number of aliphatic carboxylic acids is 1. The highest BCUT2D eigenvalue weighted by molar-refractivity contribution is 7.73. The van der Waals surface area contributed by atoms with E-state index in [0.717, 1.165) is 3.95 Å². The third-order valence-corrected chi connectivity index (χ3v) is 2.43. The van der Waals surface area contributed by atoms with Gasteiger partial charge in [-0.3, -0.25) is 4.79 Å². The minimum absolute atomic E-state index is 0.130. The standard InChI is InChI=1S/C6H7NO2S2/c8-5(9)1-2-7-3-4-11-6(7)10/h3-4H,1-2H2,(H,8,9). The van der Waals surface area contributed by atoms with Crippen molar-refractivity contribution in [2.75, 3.05) is 0 Å². The van der Waals surface area contributed by atoms with Gasteiger partial charge in [0.1, 0.15) is 0 Å². The second kappa shape index (κ2) is 3.64. The van der Waals surface area contributed by atoms with Gasteiger partial charge >= 0.3 is 5.97 Å². The van der Waals surface area contributed by atoms with Crippen LogP contribution in [0.5, 0.6) is 0 Å². The zero-order valence-electron chi connectivity index (χ0n) is 5.69. The van der Waals surface area contributed by atoms with E-state index in [2.05, 4.69) is 0 Å². The lowest BCUT2D eigenvalue weighted by Crippen LogP contribution is -2.02. The summed E-state index contributed by atoms with van der Waals surface area (Å²) < 4.78 is 2.49. The monoisotopic (exact) mass is 189 g/mol. The van der Waals surface area contributed by atoms with Crippen molar-refractivity contribution in [1.29, 1.82) is 0 Å². The van der Waals surface area contributed by atoms with Gasteiger partial charge in [0.2, 0.25) is 0 Å². The average molecular weight is 189 g/mol. The molecule has 3 nitrogen and oxygen atoms in total. The Morgan fingerprint density at radius 3 is 3.00 bits per heavy atom. The second-order valence-electron chi connectivity index (χ2n) is 2.01. The van der Waals surface area contributed by atoms with Gasteiger partial charge < -0.3 is 9.67 Å². The van der Waals surface area contributed by atoms with Crippen LogP contribution in [0.2, 0.25) is 0 Å².